The molecule has 0 aromatic carbocycles. The predicted octanol–water partition coefficient (Wildman–Crippen LogP) is 2.20. The molecule has 3 fully saturated rings. The number of halogens is 1. The number of hydrogen-bond donors (Lipinski definition) is 1. The highest BCUT2D eigenvalue weighted by molar-refractivity contribution is 5.85. The van der Waals surface area contributed by atoms with Crippen LogP contribution in [0, 0.1) is 10.8 Å². The van der Waals surface area contributed by atoms with E-state index in [9.17, 15) is 4.79 Å². The Morgan fingerprint density at radius 3 is 2.50 bits per heavy atom. The lowest BCUT2D eigenvalue weighted by atomic mass is 9.85. The molecule has 0 bridgehead atoms. The van der Waals surface area contributed by atoms with Crippen LogP contribution in [0.15, 0.2) is 0 Å². The molecule has 0 aromatic rings. The zero-order valence-corrected chi connectivity index (χ0v) is 12.2. The highest BCUT2D eigenvalue weighted by atomic mass is 35.5. The van der Waals surface area contributed by atoms with Gasteiger partial charge in [0.05, 0.1) is 0 Å². The monoisotopic (exact) mass is 272 g/mol. The Morgan fingerprint density at radius 2 is 1.89 bits per heavy atom. The van der Waals surface area contributed by atoms with E-state index in [4.69, 9.17) is 0 Å². The SMILES string of the molecule is CC1(C(=O)N2CCC3(CCNC3)C2)CCCC1.Cl. The number of amides is 1. The maximum absolute atomic E-state index is 12.6. The van der Waals surface area contributed by atoms with E-state index >= 15 is 0 Å². The summed E-state index contributed by atoms with van der Waals surface area (Å²) in [5.41, 5.74) is 0.391. The molecule has 18 heavy (non-hydrogen) atoms. The minimum absolute atomic E-state index is 0. The molecule has 104 valence electrons. The maximum Gasteiger partial charge on any atom is 0.228 e. The topological polar surface area (TPSA) is 32.3 Å². The van der Waals surface area contributed by atoms with Crippen LogP contribution in [0.5, 0.6) is 0 Å². The summed E-state index contributed by atoms with van der Waals surface area (Å²) in [5.74, 6) is 0.443. The van der Waals surface area contributed by atoms with Gasteiger partial charge in [0.15, 0.2) is 0 Å². The third kappa shape index (κ3) is 2.27. The molecular weight excluding hydrogens is 248 g/mol. The standard InChI is InChI=1S/C14H24N2O.ClH/c1-13(4-2-3-5-13)12(17)16-9-7-14(11-16)6-8-15-10-14;/h15H,2-11H2,1H3;1H. The number of carbonyl (C=O) groups is 1. The van der Waals surface area contributed by atoms with Crippen LogP contribution < -0.4 is 5.32 Å². The number of hydrogen-bond acceptors (Lipinski definition) is 2. The van der Waals surface area contributed by atoms with Crippen molar-refractivity contribution in [2.75, 3.05) is 26.2 Å². The maximum atomic E-state index is 12.6. The van der Waals surface area contributed by atoms with Gasteiger partial charge in [-0.25, -0.2) is 0 Å². The molecule has 1 N–H and O–H groups in total. The molecule has 2 heterocycles. The molecule has 1 amide bonds. The lowest BCUT2D eigenvalue weighted by molar-refractivity contribution is -0.140. The number of nitrogens with one attached hydrogen (secondary N) is 1. The van der Waals surface area contributed by atoms with Crippen molar-refractivity contribution in [1.29, 1.82) is 0 Å². The molecule has 4 heteroatoms. The highest BCUT2D eigenvalue weighted by Gasteiger charge is 2.46. The van der Waals surface area contributed by atoms with E-state index in [2.05, 4.69) is 17.1 Å². The van der Waals surface area contributed by atoms with Crippen LogP contribution in [0.4, 0.5) is 0 Å². The van der Waals surface area contributed by atoms with Crippen molar-refractivity contribution in [2.45, 2.75) is 45.4 Å². The molecule has 0 radical (unpaired) electrons. The number of carbonyl (C=O) groups excluding carboxylic acids is 1. The highest BCUT2D eigenvalue weighted by Crippen LogP contribution is 2.43. The Kier molecular flexibility index (Phi) is 3.93. The summed E-state index contributed by atoms with van der Waals surface area (Å²) in [7, 11) is 0. The lowest BCUT2D eigenvalue weighted by Gasteiger charge is -2.30. The van der Waals surface area contributed by atoms with Crippen molar-refractivity contribution in [2.24, 2.45) is 10.8 Å². The van der Waals surface area contributed by atoms with Gasteiger partial charge in [0.1, 0.15) is 0 Å². The van der Waals surface area contributed by atoms with Gasteiger partial charge < -0.3 is 10.2 Å². The molecular formula is C14H25ClN2O. The van der Waals surface area contributed by atoms with Crippen molar-refractivity contribution >= 4 is 18.3 Å². The Hall–Kier alpha value is -0.280. The molecule has 3 aliphatic rings. The summed E-state index contributed by atoms with van der Waals surface area (Å²) >= 11 is 0. The lowest BCUT2D eigenvalue weighted by Crippen LogP contribution is -2.41. The molecule has 3 rings (SSSR count). The predicted molar refractivity (Wildman–Crippen MR) is 74.9 cm³/mol. The average Bonchev–Trinajstić information content (AvgIpc) is 3.02. The van der Waals surface area contributed by atoms with Gasteiger partial charge in [0, 0.05) is 30.5 Å². The molecule has 1 aliphatic carbocycles. The quantitative estimate of drug-likeness (QED) is 0.794. The third-order valence-corrected chi connectivity index (χ3v) is 5.28. The van der Waals surface area contributed by atoms with E-state index in [0.29, 0.717) is 11.3 Å². The zero-order valence-electron chi connectivity index (χ0n) is 11.3. The molecule has 1 atom stereocenters. The first kappa shape index (κ1) is 14.1. The first-order chi connectivity index (χ1) is 8.14. The smallest absolute Gasteiger partial charge is 0.228 e. The van der Waals surface area contributed by atoms with E-state index < -0.39 is 0 Å². The van der Waals surface area contributed by atoms with E-state index in [1.165, 1.54) is 25.7 Å². The summed E-state index contributed by atoms with van der Waals surface area (Å²) in [5, 5.41) is 3.46. The summed E-state index contributed by atoms with van der Waals surface area (Å²) in [6.07, 6.45) is 7.15. The number of rotatable bonds is 1. The van der Waals surface area contributed by atoms with Crippen molar-refractivity contribution in [1.82, 2.24) is 10.2 Å². The second-order valence-electron chi connectivity index (χ2n) is 6.67. The van der Waals surface area contributed by atoms with Gasteiger partial charge in [-0.3, -0.25) is 4.79 Å². The van der Waals surface area contributed by atoms with Gasteiger partial charge >= 0.3 is 0 Å². The van der Waals surface area contributed by atoms with Gasteiger partial charge in [-0.1, -0.05) is 19.8 Å². The van der Waals surface area contributed by atoms with Crippen LogP contribution in [-0.4, -0.2) is 37.0 Å². The van der Waals surface area contributed by atoms with E-state index in [1.54, 1.807) is 0 Å². The van der Waals surface area contributed by atoms with Gasteiger partial charge in [-0.05, 0) is 32.2 Å². The molecule has 1 saturated carbocycles. The van der Waals surface area contributed by atoms with Crippen molar-refractivity contribution < 1.29 is 4.79 Å². The summed E-state index contributed by atoms with van der Waals surface area (Å²) in [6, 6.07) is 0. The van der Waals surface area contributed by atoms with Crippen LogP contribution in [0.2, 0.25) is 0 Å². The van der Waals surface area contributed by atoms with E-state index in [-0.39, 0.29) is 17.8 Å². The van der Waals surface area contributed by atoms with Crippen LogP contribution in [0.25, 0.3) is 0 Å². The first-order valence-corrected chi connectivity index (χ1v) is 7.14. The Labute approximate surface area is 116 Å². The van der Waals surface area contributed by atoms with Crippen LogP contribution in [0.3, 0.4) is 0 Å². The van der Waals surface area contributed by atoms with Gasteiger partial charge in [0.2, 0.25) is 5.91 Å². The number of likely N-dealkylation sites (tertiary alicyclic amines) is 1. The normalized spacial score (nSPS) is 33.9. The second kappa shape index (κ2) is 5.01. The van der Waals surface area contributed by atoms with Gasteiger partial charge in [-0.2, -0.15) is 0 Å². The molecule has 0 aromatic heterocycles. The second-order valence-corrected chi connectivity index (χ2v) is 6.67. The van der Waals surface area contributed by atoms with Crippen LogP contribution >= 0.6 is 12.4 Å². The van der Waals surface area contributed by atoms with Crippen LogP contribution in [-0.2, 0) is 4.79 Å². The largest absolute Gasteiger partial charge is 0.342 e. The molecule has 2 aliphatic heterocycles. The summed E-state index contributed by atoms with van der Waals surface area (Å²) < 4.78 is 0. The van der Waals surface area contributed by atoms with Crippen molar-refractivity contribution in [3.63, 3.8) is 0 Å². The van der Waals surface area contributed by atoms with Crippen molar-refractivity contribution in [3.05, 3.63) is 0 Å². The number of nitrogens with zero attached hydrogens (tertiary/aromatic N) is 1. The van der Waals surface area contributed by atoms with Crippen molar-refractivity contribution in [3.8, 4) is 0 Å². The van der Waals surface area contributed by atoms with E-state index in [0.717, 1.165) is 39.0 Å². The minimum Gasteiger partial charge on any atom is -0.342 e. The van der Waals surface area contributed by atoms with E-state index in [1.807, 2.05) is 0 Å². The molecule has 1 unspecified atom stereocenters. The Bertz CT molecular complexity index is 320. The summed E-state index contributed by atoms with van der Waals surface area (Å²) in [6.45, 7) is 6.44. The molecule has 3 nitrogen and oxygen atoms in total. The molecule has 1 spiro atoms. The fraction of sp³-hybridized carbons (Fsp3) is 0.929. The summed E-state index contributed by atoms with van der Waals surface area (Å²) in [4.78, 5) is 14.8. The third-order valence-electron chi connectivity index (χ3n) is 5.28. The Morgan fingerprint density at radius 1 is 1.17 bits per heavy atom. The van der Waals surface area contributed by atoms with Crippen LogP contribution in [0.1, 0.15) is 45.4 Å². The fourth-order valence-corrected chi connectivity index (χ4v) is 4.00. The van der Waals surface area contributed by atoms with Gasteiger partial charge in [-0.15, -0.1) is 12.4 Å². The average molecular weight is 273 g/mol. The minimum atomic E-state index is -0.0302. The Balaban J connectivity index is 0.00000120. The molecule has 2 saturated heterocycles. The first-order valence-electron chi connectivity index (χ1n) is 7.14. The van der Waals surface area contributed by atoms with Gasteiger partial charge in [0.25, 0.3) is 0 Å². The fourth-order valence-electron chi connectivity index (χ4n) is 4.00. The zero-order chi connectivity index (χ0) is 11.9.